The van der Waals surface area contributed by atoms with Crippen molar-refractivity contribution in [3.63, 3.8) is 0 Å². The smallest absolute Gasteiger partial charge is 0.242 e. The highest BCUT2D eigenvalue weighted by Crippen LogP contribution is 2.22. The van der Waals surface area contributed by atoms with Gasteiger partial charge in [0, 0.05) is 17.2 Å². The van der Waals surface area contributed by atoms with Crippen molar-refractivity contribution in [2.45, 2.75) is 11.3 Å². The minimum Gasteiger partial charge on any atom is -0.242 e. The molecule has 21 heavy (non-hydrogen) atoms. The molecule has 1 aromatic heterocycles. The number of aromatic nitrogens is 1. The van der Waals surface area contributed by atoms with E-state index in [4.69, 9.17) is 11.6 Å². The number of sulfonamides is 1. The summed E-state index contributed by atoms with van der Waals surface area (Å²) in [7, 11) is -3.79. The van der Waals surface area contributed by atoms with Gasteiger partial charge < -0.3 is 0 Å². The molecular weight excluding hydrogens is 383 g/mol. The molecular formula is C13H11BrClFN2O2S. The molecule has 2 rings (SSSR count). The van der Waals surface area contributed by atoms with Crippen LogP contribution < -0.4 is 4.72 Å². The number of hydrogen-bond donors (Lipinski definition) is 1. The molecule has 0 aliphatic rings. The fourth-order valence-electron chi connectivity index (χ4n) is 1.69. The molecule has 0 saturated heterocycles. The summed E-state index contributed by atoms with van der Waals surface area (Å²) in [5.74, 6) is -0.362. The summed E-state index contributed by atoms with van der Waals surface area (Å²) in [6.45, 7) is 0.0616. The normalized spacial score (nSPS) is 11.6. The Labute approximate surface area is 135 Å². The Hall–Kier alpha value is -1.02. The van der Waals surface area contributed by atoms with Gasteiger partial charge >= 0.3 is 0 Å². The molecule has 0 radical (unpaired) electrons. The van der Waals surface area contributed by atoms with Crippen LogP contribution in [-0.4, -0.2) is 19.9 Å². The number of halogens is 3. The Morgan fingerprint density at radius 2 is 2.05 bits per heavy atom. The van der Waals surface area contributed by atoms with Gasteiger partial charge in [-0.05, 0) is 40.0 Å². The zero-order valence-electron chi connectivity index (χ0n) is 10.7. The summed E-state index contributed by atoms with van der Waals surface area (Å²) in [6.07, 6.45) is 1.64. The minimum absolute atomic E-state index is 0.0616. The monoisotopic (exact) mass is 392 g/mol. The molecule has 1 heterocycles. The molecule has 0 spiro atoms. The summed E-state index contributed by atoms with van der Waals surface area (Å²) in [4.78, 5) is 3.65. The molecule has 0 amide bonds. The number of nitrogens with one attached hydrogen (secondary N) is 1. The zero-order chi connectivity index (χ0) is 15.5. The predicted octanol–water partition coefficient (Wildman–Crippen LogP) is 3.16. The van der Waals surface area contributed by atoms with Gasteiger partial charge in [-0.15, -0.1) is 0 Å². The maximum Gasteiger partial charge on any atom is 0.243 e. The van der Waals surface area contributed by atoms with E-state index in [0.717, 1.165) is 0 Å². The van der Waals surface area contributed by atoms with Crippen molar-refractivity contribution in [3.05, 3.63) is 57.5 Å². The Bertz CT molecular complexity index is 756. The summed E-state index contributed by atoms with van der Waals surface area (Å²) in [5, 5.41) is -0.114. The fraction of sp³-hybridized carbons (Fsp3) is 0.154. The van der Waals surface area contributed by atoms with E-state index < -0.39 is 10.0 Å². The Morgan fingerprint density at radius 3 is 2.76 bits per heavy atom. The van der Waals surface area contributed by atoms with Gasteiger partial charge in [-0.25, -0.2) is 22.5 Å². The van der Waals surface area contributed by atoms with Crippen LogP contribution in [0, 0.1) is 5.82 Å². The van der Waals surface area contributed by atoms with Gasteiger partial charge in [0.05, 0.1) is 0 Å². The second-order valence-corrected chi connectivity index (χ2v) is 7.19. The van der Waals surface area contributed by atoms with Gasteiger partial charge in [0.15, 0.2) is 0 Å². The first kappa shape index (κ1) is 16.4. The standard InChI is InChI=1S/C13H11BrClFN2O2S/c14-10-7-12(13(15)17-8-10)21(19,20)18-6-5-9-3-1-2-4-11(9)16/h1-4,7-8,18H,5-6H2. The molecule has 0 saturated carbocycles. The number of rotatable bonds is 5. The highest BCUT2D eigenvalue weighted by atomic mass is 79.9. The van der Waals surface area contributed by atoms with Crippen molar-refractivity contribution in [1.29, 1.82) is 0 Å². The van der Waals surface area contributed by atoms with Gasteiger partial charge in [-0.1, -0.05) is 29.8 Å². The molecule has 0 bridgehead atoms. The van der Waals surface area contributed by atoms with Gasteiger partial charge in [-0.2, -0.15) is 0 Å². The van der Waals surface area contributed by atoms with E-state index in [0.29, 0.717) is 10.0 Å². The highest BCUT2D eigenvalue weighted by molar-refractivity contribution is 9.10. The van der Waals surface area contributed by atoms with Crippen LogP contribution in [0.15, 0.2) is 45.9 Å². The quantitative estimate of drug-likeness (QED) is 0.794. The summed E-state index contributed by atoms with van der Waals surface area (Å²) < 4.78 is 40.6. The molecule has 1 aromatic carbocycles. The average Bonchev–Trinajstić information content (AvgIpc) is 2.43. The molecule has 0 unspecified atom stereocenters. The maximum atomic E-state index is 13.4. The molecule has 4 nitrogen and oxygen atoms in total. The topological polar surface area (TPSA) is 59.1 Å². The van der Waals surface area contributed by atoms with Crippen LogP contribution in [-0.2, 0) is 16.4 Å². The van der Waals surface area contributed by atoms with Crippen LogP contribution in [0.2, 0.25) is 5.15 Å². The molecule has 0 atom stereocenters. The number of hydrogen-bond acceptors (Lipinski definition) is 3. The van der Waals surface area contributed by atoms with Gasteiger partial charge in [0.25, 0.3) is 0 Å². The largest absolute Gasteiger partial charge is 0.243 e. The zero-order valence-corrected chi connectivity index (χ0v) is 13.8. The minimum atomic E-state index is -3.79. The van der Waals surface area contributed by atoms with Crippen LogP contribution in [0.5, 0.6) is 0 Å². The maximum absolute atomic E-state index is 13.4. The van der Waals surface area contributed by atoms with E-state index in [2.05, 4.69) is 25.6 Å². The van der Waals surface area contributed by atoms with Gasteiger partial charge in [0.1, 0.15) is 15.9 Å². The van der Waals surface area contributed by atoms with E-state index in [1.54, 1.807) is 18.2 Å². The van der Waals surface area contributed by atoms with Gasteiger partial charge in [-0.3, -0.25) is 0 Å². The highest BCUT2D eigenvalue weighted by Gasteiger charge is 2.19. The van der Waals surface area contributed by atoms with E-state index >= 15 is 0 Å². The fourth-order valence-corrected chi connectivity index (χ4v) is 3.67. The van der Waals surface area contributed by atoms with Crippen molar-refractivity contribution in [1.82, 2.24) is 9.71 Å². The molecule has 112 valence electrons. The van der Waals surface area contributed by atoms with Crippen molar-refractivity contribution in [2.24, 2.45) is 0 Å². The molecule has 8 heteroatoms. The summed E-state index contributed by atoms with van der Waals surface area (Å²) >= 11 is 8.93. The predicted molar refractivity (Wildman–Crippen MR) is 82.2 cm³/mol. The lowest BCUT2D eigenvalue weighted by atomic mass is 10.1. The third-order valence-electron chi connectivity index (χ3n) is 2.71. The lowest BCUT2D eigenvalue weighted by Gasteiger charge is -2.08. The summed E-state index contributed by atoms with van der Waals surface area (Å²) in [6, 6.07) is 7.58. The Morgan fingerprint density at radius 1 is 1.33 bits per heavy atom. The molecule has 2 aromatic rings. The Balaban J connectivity index is 2.08. The van der Waals surface area contributed by atoms with Crippen molar-refractivity contribution >= 4 is 37.6 Å². The van der Waals surface area contributed by atoms with Crippen molar-refractivity contribution in [2.75, 3.05) is 6.54 Å². The second-order valence-electron chi connectivity index (χ2n) is 4.18. The number of benzene rings is 1. The molecule has 0 fully saturated rings. The number of nitrogens with zero attached hydrogens (tertiary/aromatic N) is 1. The third-order valence-corrected chi connectivity index (χ3v) is 5.03. The lowest BCUT2D eigenvalue weighted by molar-refractivity contribution is 0.577. The number of pyridine rings is 1. The first-order chi connectivity index (χ1) is 9.90. The molecule has 0 aliphatic heterocycles. The first-order valence-electron chi connectivity index (χ1n) is 5.94. The van der Waals surface area contributed by atoms with E-state index in [1.165, 1.54) is 18.3 Å². The van der Waals surface area contributed by atoms with E-state index in [1.807, 2.05) is 0 Å². The SMILES string of the molecule is O=S(=O)(NCCc1ccccc1F)c1cc(Br)cnc1Cl. The Kier molecular flexibility index (Phi) is 5.32. The van der Waals surface area contributed by atoms with E-state index in [-0.39, 0.29) is 28.8 Å². The molecule has 0 aliphatic carbocycles. The van der Waals surface area contributed by atoms with Crippen LogP contribution in [0.4, 0.5) is 4.39 Å². The van der Waals surface area contributed by atoms with Crippen LogP contribution in [0.1, 0.15) is 5.56 Å². The molecule has 1 N–H and O–H groups in total. The summed E-state index contributed by atoms with van der Waals surface area (Å²) in [5.41, 5.74) is 0.443. The van der Waals surface area contributed by atoms with Crippen molar-refractivity contribution in [3.8, 4) is 0 Å². The van der Waals surface area contributed by atoms with Crippen molar-refractivity contribution < 1.29 is 12.8 Å². The lowest BCUT2D eigenvalue weighted by Crippen LogP contribution is -2.26. The van der Waals surface area contributed by atoms with Crippen LogP contribution in [0.3, 0.4) is 0 Å². The van der Waals surface area contributed by atoms with Crippen LogP contribution >= 0.6 is 27.5 Å². The second kappa shape index (κ2) is 6.83. The van der Waals surface area contributed by atoms with Gasteiger partial charge in [0.2, 0.25) is 10.0 Å². The van der Waals surface area contributed by atoms with Crippen LogP contribution in [0.25, 0.3) is 0 Å². The van der Waals surface area contributed by atoms with E-state index in [9.17, 15) is 12.8 Å². The first-order valence-corrected chi connectivity index (χ1v) is 8.59. The average molecular weight is 394 g/mol. The third kappa shape index (κ3) is 4.23.